The van der Waals surface area contributed by atoms with E-state index in [0.717, 1.165) is 11.1 Å². The van der Waals surface area contributed by atoms with Crippen LogP contribution in [0.25, 0.3) is 0 Å². The van der Waals surface area contributed by atoms with Crippen LogP contribution >= 0.6 is 0 Å². The van der Waals surface area contributed by atoms with Crippen molar-refractivity contribution in [3.05, 3.63) is 47.0 Å². The van der Waals surface area contributed by atoms with Crippen molar-refractivity contribution in [1.29, 1.82) is 0 Å². The highest BCUT2D eigenvalue weighted by molar-refractivity contribution is 5.62. The number of hydrogen-bond acceptors (Lipinski definition) is 3. The van der Waals surface area contributed by atoms with Crippen molar-refractivity contribution < 1.29 is 8.78 Å². The molecule has 2 aromatic rings. The quantitative estimate of drug-likeness (QED) is 0.858. The minimum absolute atomic E-state index is 0.0825. The summed E-state index contributed by atoms with van der Waals surface area (Å²) in [5.41, 5.74) is 8.06. The van der Waals surface area contributed by atoms with Crippen molar-refractivity contribution in [2.24, 2.45) is 0 Å². The lowest BCUT2D eigenvalue weighted by Gasteiger charge is -2.11. The zero-order chi connectivity index (χ0) is 13.3. The minimum Gasteiger partial charge on any atom is -0.381 e. The topological polar surface area (TPSA) is 50.9 Å². The molecule has 0 amide bonds. The molecular weight excluding hydrogens is 236 g/mol. The molecule has 1 aromatic heterocycles. The molecule has 0 aliphatic rings. The van der Waals surface area contributed by atoms with Gasteiger partial charge in [-0.2, -0.15) is 0 Å². The van der Waals surface area contributed by atoms with Crippen LogP contribution < -0.4 is 11.1 Å². The number of nitrogens with one attached hydrogen (secondary N) is 1. The normalized spacial score (nSPS) is 10.4. The van der Waals surface area contributed by atoms with Gasteiger partial charge in [0.2, 0.25) is 0 Å². The molecule has 1 heterocycles. The summed E-state index contributed by atoms with van der Waals surface area (Å²) < 4.78 is 26.5. The Labute approximate surface area is 104 Å². The second-order valence-corrected chi connectivity index (χ2v) is 4.13. The largest absolute Gasteiger partial charge is 0.381 e. The SMILES string of the molecule is Cc1ccc(Nc2nc(N)c(F)cc2F)c(C)c1. The van der Waals surface area contributed by atoms with Crippen LogP contribution in [0.15, 0.2) is 24.3 Å². The van der Waals surface area contributed by atoms with Gasteiger partial charge in [-0.05, 0) is 25.5 Å². The van der Waals surface area contributed by atoms with E-state index in [2.05, 4.69) is 10.3 Å². The van der Waals surface area contributed by atoms with E-state index in [1.54, 1.807) is 0 Å². The van der Waals surface area contributed by atoms with Crippen LogP contribution in [0.5, 0.6) is 0 Å². The molecule has 0 saturated carbocycles. The second kappa shape index (κ2) is 4.60. The number of nitrogens with zero attached hydrogens (tertiary/aromatic N) is 1. The average molecular weight is 249 g/mol. The molecule has 0 unspecified atom stereocenters. The summed E-state index contributed by atoms with van der Waals surface area (Å²) in [6, 6.07) is 6.37. The predicted octanol–water partition coefficient (Wildman–Crippen LogP) is 3.30. The van der Waals surface area contributed by atoms with E-state index in [0.29, 0.717) is 11.8 Å². The van der Waals surface area contributed by atoms with Crippen LogP contribution in [0.4, 0.5) is 26.1 Å². The molecule has 0 aliphatic heterocycles. The van der Waals surface area contributed by atoms with Gasteiger partial charge in [-0.25, -0.2) is 13.8 Å². The third kappa shape index (κ3) is 2.40. The van der Waals surface area contributed by atoms with E-state index in [1.165, 1.54) is 0 Å². The molecular formula is C13H13F2N3. The van der Waals surface area contributed by atoms with Crippen LogP contribution in [0, 0.1) is 25.5 Å². The van der Waals surface area contributed by atoms with Crippen molar-refractivity contribution in [2.45, 2.75) is 13.8 Å². The maximum absolute atomic E-state index is 13.5. The lowest BCUT2D eigenvalue weighted by molar-refractivity contribution is 0.581. The zero-order valence-corrected chi connectivity index (χ0v) is 10.1. The Morgan fingerprint density at radius 2 is 1.83 bits per heavy atom. The number of rotatable bonds is 2. The highest BCUT2D eigenvalue weighted by Gasteiger charge is 2.10. The molecule has 2 rings (SSSR count). The summed E-state index contributed by atoms with van der Waals surface area (Å²) in [5.74, 6) is -2.05. The first-order valence-corrected chi connectivity index (χ1v) is 5.43. The monoisotopic (exact) mass is 249 g/mol. The number of anilines is 3. The molecule has 0 spiro atoms. The molecule has 1 aromatic carbocycles. The standard InChI is InChI=1S/C13H13F2N3/c1-7-3-4-11(8(2)5-7)17-13-10(15)6-9(14)12(16)18-13/h3-6H,1-2H3,(H3,16,17,18). The second-order valence-electron chi connectivity index (χ2n) is 4.13. The van der Waals surface area contributed by atoms with Gasteiger partial charge in [0.05, 0.1) is 0 Å². The number of aromatic nitrogens is 1. The molecule has 0 aliphatic carbocycles. The Bertz CT molecular complexity index is 597. The molecule has 0 saturated heterocycles. The van der Waals surface area contributed by atoms with Crippen molar-refractivity contribution in [3.8, 4) is 0 Å². The van der Waals surface area contributed by atoms with E-state index < -0.39 is 11.6 Å². The van der Waals surface area contributed by atoms with Gasteiger partial charge in [0.25, 0.3) is 0 Å². The third-order valence-electron chi connectivity index (χ3n) is 2.59. The lowest BCUT2D eigenvalue weighted by Crippen LogP contribution is -2.04. The van der Waals surface area contributed by atoms with Gasteiger partial charge in [-0.1, -0.05) is 17.7 Å². The maximum atomic E-state index is 13.5. The fraction of sp³-hybridized carbons (Fsp3) is 0.154. The van der Waals surface area contributed by atoms with Gasteiger partial charge in [0.1, 0.15) is 0 Å². The predicted molar refractivity (Wildman–Crippen MR) is 67.8 cm³/mol. The summed E-state index contributed by atoms with van der Waals surface area (Å²) in [6.45, 7) is 3.85. The smallest absolute Gasteiger partial charge is 0.169 e. The highest BCUT2D eigenvalue weighted by Crippen LogP contribution is 2.23. The molecule has 0 bridgehead atoms. The van der Waals surface area contributed by atoms with Crippen molar-refractivity contribution in [2.75, 3.05) is 11.1 Å². The average Bonchev–Trinajstić information content (AvgIpc) is 2.29. The molecule has 3 nitrogen and oxygen atoms in total. The van der Waals surface area contributed by atoms with E-state index in [-0.39, 0.29) is 11.6 Å². The Hall–Kier alpha value is -2.17. The summed E-state index contributed by atoms with van der Waals surface area (Å²) in [7, 11) is 0. The van der Waals surface area contributed by atoms with Gasteiger partial charge in [-0.3, -0.25) is 0 Å². The van der Waals surface area contributed by atoms with Gasteiger partial charge in [0, 0.05) is 11.8 Å². The number of hydrogen-bond donors (Lipinski definition) is 2. The number of aryl methyl sites for hydroxylation is 2. The highest BCUT2D eigenvalue weighted by atomic mass is 19.1. The number of halogens is 2. The first kappa shape index (κ1) is 12.3. The van der Waals surface area contributed by atoms with Gasteiger partial charge < -0.3 is 11.1 Å². The first-order valence-electron chi connectivity index (χ1n) is 5.43. The van der Waals surface area contributed by atoms with Crippen molar-refractivity contribution in [3.63, 3.8) is 0 Å². The molecule has 94 valence electrons. The van der Waals surface area contributed by atoms with Crippen molar-refractivity contribution >= 4 is 17.3 Å². The van der Waals surface area contributed by atoms with Crippen molar-refractivity contribution in [1.82, 2.24) is 4.98 Å². The Morgan fingerprint density at radius 3 is 2.50 bits per heavy atom. The number of pyridine rings is 1. The minimum atomic E-state index is -0.862. The van der Waals surface area contributed by atoms with Crippen LogP contribution in [0.2, 0.25) is 0 Å². The molecule has 18 heavy (non-hydrogen) atoms. The fourth-order valence-corrected chi connectivity index (χ4v) is 1.65. The maximum Gasteiger partial charge on any atom is 0.169 e. The first-order chi connectivity index (χ1) is 8.47. The van der Waals surface area contributed by atoms with Gasteiger partial charge in [0.15, 0.2) is 23.3 Å². The van der Waals surface area contributed by atoms with Crippen LogP contribution in [0.1, 0.15) is 11.1 Å². The van der Waals surface area contributed by atoms with Gasteiger partial charge in [-0.15, -0.1) is 0 Å². The fourth-order valence-electron chi connectivity index (χ4n) is 1.65. The Morgan fingerprint density at radius 1 is 1.11 bits per heavy atom. The summed E-state index contributed by atoms with van der Waals surface area (Å²) in [6.07, 6.45) is 0. The summed E-state index contributed by atoms with van der Waals surface area (Å²) in [4.78, 5) is 3.65. The van der Waals surface area contributed by atoms with Gasteiger partial charge >= 0.3 is 0 Å². The number of nitrogen functional groups attached to an aromatic ring is 1. The summed E-state index contributed by atoms with van der Waals surface area (Å²) >= 11 is 0. The molecule has 0 atom stereocenters. The third-order valence-corrected chi connectivity index (χ3v) is 2.59. The molecule has 0 fully saturated rings. The summed E-state index contributed by atoms with van der Waals surface area (Å²) in [5, 5.41) is 2.80. The van der Waals surface area contributed by atoms with E-state index in [9.17, 15) is 8.78 Å². The van der Waals surface area contributed by atoms with Crippen LogP contribution in [0.3, 0.4) is 0 Å². The Kier molecular flexibility index (Phi) is 3.14. The molecule has 3 N–H and O–H groups in total. The Balaban J connectivity index is 2.37. The number of nitrogens with two attached hydrogens (primary N) is 1. The van der Waals surface area contributed by atoms with Crippen LogP contribution in [-0.2, 0) is 0 Å². The zero-order valence-electron chi connectivity index (χ0n) is 10.1. The van der Waals surface area contributed by atoms with E-state index in [4.69, 9.17) is 5.73 Å². The van der Waals surface area contributed by atoms with E-state index >= 15 is 0 Å². The molecule has 5 heteroatoms. The number of benzene rings is 1. The molecule has 0 radical (unpaired) electrons. The lowest BCUT2D eigenvalue weighted by atomic mass is 10.1. The van der Waals surface area contributed by atoms with Crippen LogP contribution in [-0.4, -0.2) is 4.98 Å². The van der Waals surface area contributed by atoms with E-state index in [1.807, 2.05) is 32.0 Å².